The summed E-state index contributed by atoms with van der Waals surface area (Å²) >= 11 is 0. The number of carbonyl (C=O) groups is 3. The molecule has 0 saturated heterocycles. The van der Waals surface area contributed by atoms with Crippen LogP contribution in [0.2, 0.25) is 0 Å². The molecule has 118 valence electrons. The van der Waals surface area contributed by atoms with Gasteiger partial charge in [0, 0.05) is 6.04 Å². The number of ether oxygens (including phenoxy) is 1. The van der Waals surface area contributed by atoms with E-state index in [9.17, 15) is 14.4 Å². The number of hydrogen-bond acceptors (Lipinski definition) is 5. The van der Waals surface area contributed by atoms with Gasteiger partial charge < -0.3 is 15.2 Å². The van der Waals surface area contributed by atoms with Crippen molar-refractivity contribution in [2.24, 2.45) is 5.10 Å². The molecule has 2 amide bonds. The summed E-state index contributed by atoms with van der Waals surface area (Å²) in [5.74, 6) is -2.27. The molecule has 0 radical (unpaired) electrons. The lowest BCUT2D eigenvalue weighted by Gasteiger charge is -2.06. The van der Waals surface area contributed by atoms with Crippen LogP contribution in [-0.2, 0) is 14.4 Å². The van der Waals surface area contributed by atoms with Crippen LogP contribution in [-0.4, -0.2) is 41.8 Å². The second-order valence-corrected chi connectivity index (χ2v) is 4.58. The average molecular weight is 307 g/mol. The van der Waals surface area contributed by atoms with E-state index >= 15 is 0 Å². The SMILES string of the molecule is CC(C)NC(=O)C(=O)N/N=C\c1ccc(OCC(=O)O)cc1. The van der Waals surface area contributed by atoms with Gasteiger partial charge in [-0.3, -0.25) is 9.59 Å². The molecule has 8 heteroatoms. The second-order valence-electron chi connectivity index (χ2n) is 4.58. The van der Waals surface area contributed by atoms with Gasteiger partial charge in [-0.15, -0.1) is 0 Å². The highest BCUT2D eigenvalue weighted by atomic mass is 16.5. The zero-order valence-electron chi connectivity index (χ0n) is 12.2. The summed E-state index contributed by atoms with van der Waals surface area (Å²) in [5, 5.41) is 14.6. The minimum atomic E-state index is -1.06. The van der Waals surface area contributed by atoms with E-state index in [-0.39, 0.29) is 6.04 Å². The third-order valence-electron chi connectivity index (χ3n) is 2.25. The fourth-order valence-corrected chi connectivity index (χ4v) is 1.34. The number of hydrazone groups is 1. The van der Waals surface area contributed by atoms with Crippen LogP contribution >= 0.6 is 0 Å². The molecule has 8 nitrogen and oxygen atoms in total. The quantitative estimate of drug-likeness (QED) is 0.392. The lowest BCUT2D eigenvalue weighted by molar-refractivity contribution is -0.139. The van der Waals surface area contributed by atoms with Crippen LogP contribution in [0.3, 0.4) is 0 Å². The van der Waals surface area contributed by atoms with Crippen molar-refractivity contribution in [1.82, 2.24) is 10.7 Å². The molecule has 1 aromatic carbocycles. The molecule has 22 heavy (non-hydrogen) atoms. The first kappa shape index (κ1) is 17.2. The van der Waals surface area contributed by atoms with Crippen LogP contribution in [0.25, 0.3) is 0 Å². The topological polar surface area (TPSA) is 117 Å². The lowest BCUT2D eigenvalue weighted by atomic mass is 10.2. The molecule has 0 aromatic heterocycles. The number of aliphatic carboxylic acids is 1. The van der Waals surface area contributed by atoms with Gasteiger partial charge in [-0.25, -0.2) is 10.2 Å². The van der Waals surface area contributed by atoms with Crippen molar-refractivity contribution in [3.05, 3.63) is 29.8 Å². The van der Waals surface area contributed by atoms with E-state index in [4.69, 9.17) is 9.84 Å². The number of benzene rings is 1. The maximum absolute atomic E-state index is 11.4. The third-order valence-corrected chi connectivity index (χ3v) is 2.25. The minimum Gasteiger partial charge on any atom is -0.482 e. The Morgan fingerprint density at radius 2 is 1.86 bits per heavy atom. The predicted molar refractivity (Wildman–Crippen MR) is 78.6 cm³/mol. The highest BCUT2D eigenvalue weighted by Crippen LogP contribution is 2.10. The molecule has 1 aromatic rings. The molecule has 0 spiro atoms. The standard InChI is InChI=1S/C14H17N3O5/c1-9(2)16-13(20)14(21)17-15-7-10-3-5-11(6-4-10)22-8-12(18)19/h3-7,9H,8H2,1-2H3,(H,16,20)(H,17,21)(H,18,19)/b15-7-. The van der Waals surface area contributed by atoms with E-state index in [1.807, 2.05) is 0 Å². The van der Waals surface area contributed by atoms with Gasteiger partial charge in [0.2, 0.25) is 0 Å². The van der Waals surface area contributed by atoms with Crippen LogP contribution in [0.15, 0.2) is 29.4 Å². The predicted octanol–water partition coefficient (Wildman–Crippen LogP) is 0.125. The van der Waals surface area contributed by atoms with Crippen LogP contribution < -0.4 is 15.5 Å². The summed E-state index contributed by atoms with van der Waals surface area (Å²) in [6.07, 6.45) is 1.35. The normalized spacial score (nSPS) is 10.5. The lowest BCUT2D eigenvalue weighted by Crippen LogP contribution is -2.41. The summed E-state index contributed by atoms with van der Waals surface area (Å²) in [7, 11) is 0. The van der Waals surface area contributed by atoms with Crippen molar-refractivity contribution in [2.45, 2.75) is 19.9 Å². The number of carboxylic acids is 1. The fourth-order valence-electron chi connectivity index (χ4n) is 1.34. The van der Waals surface area contributed by atoms with Gasteiger partial charge in [-0.1, -0.05) is 0 Å². The molecule has 0 saturated carbocycles. The molecular weight excluding hydrogens is 290 g/mol. The maximum Gasteiger partial charge on any atom is 0.341 e. The van der Waals surface area contributed by atoms with E-state index in [1.165, 1.54) is 6.21 Å². The molecular formula is C14H17N3O5. The Labute approximate surface area is 127 Å². The first-order valence-electron chi connectivity index (χ1n) is 6.47. The number of amides is 2. The van der Waals surface area contributed by atoms with Gasteiger partial charge in [0.15, 0.2) is 6.61 Å². The highest BCUT2D eigenvalue weighted by Gasteiger charge is 2.12. The molecule has 3 N–H and O–H groups in total. The van der Waals surface area contributed by atoms with E-state index in [1.54, 1.807) is 38.1 Å². The van der Waals surface area contributed by atoms with Crippen molar-refractivity contribution >= 4 is 24.0 Å². The van der Waals surface area contributed by atoms with Crippen LogP contribution in [0, 0.1) is 0 Å². The average Bonchev–Trinajstić information content (AvgIpc) is 2.45. The zero-order valence-corrected chi connectivity index (χ0v) is 12.2. The van der Waals surface area contributed by atoms with Gasteiger partial charge in [-0.2, -0.15) is 5.10 Å². The minimum absolute atomic E-state index is 0.138. The Morgan fingerprint density at radius 3 is 2.41 bits per heavy atom. The zero-order chi connectivity index (χ0) is 16.5. The van der Waals surface area contributed by atoms with Gasteiger partial charge in [-0.05, 0) is 43.7 Å². The number of rotatable bonds is 6. The molecule has 0 aliphatic carbocycles. The van der Waals surface area contributed by atoms with Crippen molar-refractivity contribution in [3.63, 3.8) is 0 Å². The van der Waals surface area contributed by atoms with Crippen LogP contribution in [0.5, 0.6) is 5.75 Å². The summed E-state index contributed by atoms with van der Waals surface area (Å²) in [6.45, 7) is 3.05. The number of carbonyl (C=O) groups excluding carboxylic acids is 2. The monoisotopic (exact) mass is 307 g/mol. The van der Waals surface area contributed by atoms with Crippen LogP contribution in [0.1, 0.15) is 19.4 Å². The number of hydrogen-bond donors (Lipinski definition) is 3. The third kappa shape index (κ3) is 6.51. The summed E-state index contributed by atoms with van der Waals surface area (Å²) in [5.41, 5.74) is 2.75. The summed E-state index contributed by atoms with van der Waals surface area (Å²) in [6, 6.07) is 6.25. The second kappa shape index (κ2) is 8.40. The summed E-state index contributed by atoms with van der Waals surface area (Å²) in [4.78, 5) is 33.0. The Hall–Kier alpha value is -2.90. The molecule has 0 unspecified atom stereocenters. The first-order chi connectivity index (χ1) is 10.4. The number of nitrogens with zero attached hydrogens (tertiary/aromatic N) is 1. The van der Waals surface area contributed by atoms with Crippen molar-refractivity contribution in [3.8, 4) is 5.75 Å². The molecule has 0 atom stereocenters. The molecule has 1 rings (SSSR count). The Morgan fingerprint density at radius 1 is 1.23 bits per heavy atom. The van der Waals surface area contributed by atoms with Gasteiger partial charge in [0.25, 0.3) is 0 Å². The molecule has 0 aliphatic heterocycles. The van der Waals surface area contributed by atoms with E-state index in [2.05, 4.69) is 15.8 Å². The largest absolute Gasteiger partial charge is 0.482 e. The van der Waals surface area contributed by atoms with Crippen molar-refractivity contribution < 1.29 is 24.2 Å². The van der Waals surface area contributed by atoms with E-state index in [0.717, 1.165) is 0 Å². The molecule has 0 heterocycles. The van der Waals surface area contributed by atoms with Crippen molar-refractivity contribution in [2.75, 3.05) is 6.61 Å². The Balaban J connectivity index is 2.48. The Bertz CT molecular complexity index is 566. The maximum atomic E-state index is 11.4. The highest BCUT2D eigenvalue weighted by molar-refractivity contribution is 6.35. The number of carboxylic acid groups (broad SMARTS) is 1. The molecule has 0 bridgehead atoms. The van der Waals surface area contributed by atoms with Gasteiger partial charge >= 0.3 is 17.8 Å². The smallest absolute Gasteiger partial charge is 0.341 e. The van der Waals surface area contributed by atoms with Crippen LogP contribution in [0.4, 0.5) is 0 Å². The van der Waals surface area contributed by atoms with Crippen molar-refractivity contribution in [1.29, 1.82) is 0 Å². The summed E-state index contributed by atoms with van der Waals surface area (Å²) < 4.78 is 4.97. The Kier molecular flexibility index (Phi) is 6.55. The molecule has 0 fully saturated rings. The van der Waals surface area contributed by atoms with E-state index in [0.29, 0.717) is 11.3 Å². The molecule has 0 aliphatic rings. The first-order valence-corrected chi connectivity index (χ1v) is 6.47. The van der Waals surface area contributed by atoms with Gasteiger partial charge in [0.1, 0.15) is 5.75 Å². The number of nitrogens with one attached hydrogen (secondary N) is 2. The van der Waals surface area contributed by atoms with E-state index < -0.39 is 24.4 Å². The van der Waals surface area contributed by atoms with Gasteiger partial charge in [0.05, 0.1) is 6.21 Å². The fraction of sp³-hybridized carbons (Fsp3) is 0.286.